The van der Waals surface area contributed by atoms with E-state index in [0.29, 0.717) is 0 Å². The SMILES string of the molecule is COc1cccc(C(C)CC(=O)N(C)C(C)(C)C(=O)O)c1. The average Bonchev–Trinajstić information content (AvgIpc) is 2.45. The summed E-state index contributed by atoms with van der Waals surface area (Å²) in [5.41, 5.74) is -0.227. The highest BCUT2D eigenvalue weighted by Gasteiger charge is 2.35. The molecular formula is C16H23NO4. The highest BCUT2D eigenvalue weighted by atomic mass is 16.5. The Kier molecular flexibility index (Phi) is 5.35. The lowest BCUT2D eigenvalue weighted by molar-refractivity contribution is -0.155. The molecule has 0 saturated heterocycles. The third-order valence-electron chi connectivity index (χ3n) is 3.88. The molecule has 1 rings (SSSR count). The van der Waals surface area contributed by atoms with Crippen LogP contribution in [0.25, 0.3) is 0 Å². The first-order valence-electron chi connectivity index (χ1n) is 6.84. The molecule has 0 bridgehead atoms. The van der Waals surface area contributed by atoms with Gasteiger partial charge < -0.3 is 14.7 Å². The number of carbonyl (C=O) groups excluding carboxylic acids is 1. The van der Waals surface area contributed by atoms with Crippen LogP contribution >= 0.6 is 0 Å². The summed E-state index contributed by atoms with van der Waals surface area (Å²) in [4.78, 5) is 24.7. The van der Waals surface area contributed by atoms with Crippen LogP contribution in [0.3, 0.4) is 0 Å². The Morgan fingerprint density at radius 1 is 1.38 bits per heavy atom. The van der Waals surface area contributed by atoms with Crippen LogP contribution in [0.1, 0.15) is 38.7 Å². The minimum absolute atomic E-state index is 0.0142. The molecule has 1 amide bonds. The first-order valence-corrected chi connectivity index (χ1v) is 6.84. The number of benzene rings is 1. The van der Waals surface area contributed by atoms with Gasteiger partial charge in [-0.2, -0.15) is 0 Å². The molecule has 5 nitrogen and oxygen atoms in total. The van der Waals surface area contributed by atoms with E-state index in [1.54, 1.807) is 7.11 Å². The van der Waals surface area contributed by atoms with E-state index in [2.05, 4.69) is 0 Å². The fourth-order valence-corrected chi connectivity index (χ4v) is 1.92. The second kappa shape index (κ2) is 6.61. The van der Waals surface area contributed by atoms with E-state index in [1.165, 1.54) is 25.8 Å². The van der Waals surface area contributed by atoms with Crippen LogP contribution in [-0.2, 0) is 9.59 Å². The van der Waals surface area contributed by atoms with Gasteiger partial charge in [-0.25, -0.2) is 4.79 Å². The summed E-state index contributed by atoms with van der Waals surface area (Å²) in [6, 6.07) is 7.54. The number of ether oxygens (including phenoxy) is 1. The maximum atomic E-state index is 12.3. The van der Waals surface area contributed by atoms with Crippen molar-refractivity contribution in [2.75, 3.05) is 14.2 Å². The number of hydrogen-bond donors (Lipinski definition) is 1. The van der Waals surface area contributed by atoms with Gasteiger partial charge in [-0.1, -0.05) is 19.1 Å². The monoisotopic (exact) mass is 293 g/mol. The molecule has 1 atom stereocenters. The number of carbonyl (C=O) groups is 2. The van der Waals surface area contributed by atoms with E-state index in [9.17, 15) is 9.59 Å². The quantitative estimate of drug-likeness (QED) is 0.875. The molecule has 0 aliphatic rings. The summed E-state index contributed by atoms with van der Waals surface area (Å²) in [7, 11) is 3.12. The molecule has 0 spiro atoms. The second-order valence-electron chi connectivity index (χ2n) is 5.70. The largest absolute Gasteiger partial charge is 0.497 e. The molecule has 0 radical (unpaired) electrons. The van der Waals surface area contributed by atoms with Gasteiger partial charge in [0, 0.05) is 13.5 Å². The average molecular weight is 293 g/mol. The van der Waals surface area contributed by atoms with E-state index in [-0.39, 0.29) is 18.2 Å². The maximum absolute atomic E-state index is 12.3. The van der Waals surface area contributed by atoms with Crippen molar-refractivity contribution in [1.29, 1.82) is 0 Å². The van der Waals surface area contributed by atoms with Gasteiger partial charge in [-0.15, -0.1) is 0 Å². The molecule has 0 fully saturated rings. The van der Waals surface area contributed by atoms with Crippen molar-refractivity contribution in [3.8, 4) is 5.75 Å². The number of aliphatic carboxylic acids is 1. The highest BCUT2D eigenvalue weighted by molar-refractivity contribution is 5.86. The lowest BCUT2D eigenvalue weighted by atomic mass is 9.95. The van der Waals surface area contributed by atoms with Gasteiger partial charge in [-0.3, -0.25) is 4.79 Å². The van der Waals surface area contributed by atoms with Crippen molar-refractivity contribution in [2.45, 2.75) is 38.6 Å². The van der Waals surface area contributed by atoms with Crippen molar-refractivity contribution in [1.82, 2.24) is 4.90 Å². The van der Waals surface area contributed by atoms with Crippen LogP contribution in [0.4, 0.5) is 0 Å². The van der Waals surface area contributed by atoms with Crippen LogP contribution in [0, 0.1) is 0 Å². The molecule has 0 aliphatic carbocycles. The van der Waals surface area contributed by atoms with Gasteiger partial charge in [0.15, 0.2) is 0 Å². The Morgan fingerprint density at radius 3 is 2.52 bits per heavy atom. The molecule has 0 saturated carbocycles. The lowest BCUT2D eigenvalue weighted by Gasteiger charge is -2.32. The van der Waals surface area contributed by atoms with E-state index < -0.39 is 11.5 Å². The van der Waals surface area contributed by atoms with Crippen LogP contribution in [-0.4, -0.2) is 41.6 Å². The van der Waals surface area contributed by atoms with Crippen molar-refractivity contribution in [3.05, 3.63) is 29.8 Å². The Hall–Kier alpha value is -2.04. The summed E-state index contributed by atoms with van der Waals surface area (Å²) in [6.07, 6.45) is 0.250. The molecule has 1 N–H and O–H groups in total. The number of amides is 1. The van der Waals surface area contributed by atoms with E-state index >= 15 is 0 Å². The summed E-state index contributed by atoms with van der Waals surface area (Å²) < 4.78 is 5.17. The van der Waals surface area contributed by atoms with Crippen molar-refractivity contribution >= 4 is 11.9 Å². The third-order valence-corrected chi connectivity index (χ3v) is 3.88. The Labute approximate surface area is 125 Å². The zero-order valence-corrected chi connectivity index (χ0v) is 13.2. The summed E-state index contributed by atoms with van der Waals surface area (Å²) in [5, 5.41) is 9.17. The van der Waals surface area contributed by atoms with Crippen LogP contribution in [0.15, 0.2) is 24.3 Å². The van der Waals surface area contributed by atoms with E-state index in [1.807, 2.05) is 31.2 Å². The molecule has 0 heterocycles. The highest BCUT2D eigenvalue weighted by Crippen LogP contribution is 2.25. The molecule has 1 aromatic rings. The zero-order valence-electron chi connectivity index (χ0n) is 13.2. The Balaban J connectivity index is 2.80. The number of rotatable bonds is 6. The fraction of sp³-hybridized carbons (Fsp3) is 0.500. The number of carboxylic acids is 1. The van der Waals surface area contributed by atoms with Gasteiger partial charge >= 0.3 is 5.97 Å². The van der Waals surface area contributed by atoms with Crippen LogP contribution < -0.4 is 4.74 Å². The first-order chi connectivity index (χ1) is 9.70. The van der Waals surface area contributed by atoms with Crippen molar-refractivity contribution in [2.24, 2.45) is 0 Å². The van der Waals surface area contributed by atoms with Crippen molar-refractivity contribution in [3.63, 3.8) is 0 Å². The Bertz CT molecular complexity index is 525. The predicted octanol–water partition coefficient (Wildman–Crippen LogP) is 2.51. The minimum Gasteiger partial charge on any atom is -0.497 e. The van der Waals surface area contributed by atoms with Crippen molar-refractivity contribution < 1.29 is 19.4 Å². The number of methoxy groups -OCH3 is 1. The maximum Gasteiger partial charge on any atom is 0.329 e. The molecule has 0 aromatic heterocycles. The van der Waals surface area contributed by atoms with Crippen LogP contribution in [0.5, 0.6) is 5.75 Å². The third kappa shape index (κ3) is 3.97. The molecule has 1 aromatic carbocycles. The number of nitrogens with zero attached hydrogens (tertiary/aromatic N) is 1. The van der Waals surface area contributed by atoms with E-state index in [4.69, 9.17) is 9.84 Å². The van der Waals surface area contributed by atoms with E-state index in [0.717, 1.165) is 11.3 Å². The van der Waals surface area contributed by atoms with Gasteiger partial charge in [0.2, 0.25) is 5.91 Å². The van der Waals surface area contributed by atoms with Gasteiger partial charge in [0.1, 0.15) is 11.3 Å². The molecule has 21 heavy (non-hydrogen) atoms. The molecule has 1 unspecified atom stereocenters. The van der Waals surface area contributed by atoms with Gasteiger partial charge in [0.25, 0.3) is 0 Å². The molecule has 0 aliphatic heterocycles. The lowest BCUT2D eigenvalue weighted by Crippen LogP contribution is -2.50. The van der Waals surface area contributed by atoms with Gasteiger partial charge in [0.05, 0.1) is 7.11 Å². The molecular weight excluding hydrogens is 270 g/mol. The predicted molar refractivity (Wildman–Crippen MR) is 80.5 cm³/mol. The van der Waals surface area contributed by atoms with Gasteiger partial charge in [-0.05, 0) is 37.5 Å². The molecule has 116 valence electrons. The smallest absolute Gasteiger partial charge is 0.329 e. The first kappa shape index (κ1) is 17.0. The van der Waals surface area contributed by atoms with Crippen LogP contribution in [0.2, 0.25) is 0 Å². The molecule has 5 heteroatoms. The summed E-state index contributed by atoms with van der Waals surface area (Å²) in [5.74, 6) is -0.490. The number of likely N-dealkylation sites (N-methyl/N-ethyl adjacent to an activating group) is 1. The second-order valence-corrected chi connectivity index (χ2v) is 5.70. The Morgan fingerprint density at radius 2 is 2.00 bits per heavy atom. The zero-order chi connectivity index (χ0) is 16.2. The summed E-state index contributed by atoms with van der Waals surface area (Å²) >= 11 is 0. The minimum atomic E-state index is -1.22. The number of hydrogen-bond acceptors (Lipinski definition) is 3. The topological polar surface area (TPSA) is 66.8 Å². The number of carboxylic acid groups (broad SMARTS) is 1. The standard InChI is InChI=1S/C16H23NO4/c1-11(12-7-6-8-13(10-12)21-5)9-14(18)17(4)16(2,3)15(19)20/h6-8,10-11H,9H2,1-5H3,(H,19,20). The summed E-state index contributed by atoms with van der Waals surface area (Å²) in [6.45, 7) is 4.97. The fourth-order valence-electron chi connectivity index (χ4n) is 1.92. The normalized spacial score (nSPS) is 12.6.